The highest BCUT2D eigenvalue weighted by atomic mass is 15.2. The summed E-state index contributed by atoms with van der Waals surface area (Å²) < 4.78 is 0. The lowest BCUT2D eigenvalue weighted by molar-refractivity contribution is 0.470. The molecule has 0 spiro atoms. The molecule has 2 N–H and O–H groups in total. The van der Waals surface area contributed by atoms with E-state index in [0.717, 1.165) is 24.5 Å². The number of nitrogens with one attached hydrogen (secondary N) is 2. The van der Waals surface area contributed by atoms with E-state index in [1.54, 1.807) is 0 Å². The molecule has 2 unspecified atom stereocenters. The molecule has 1 heterocycles. The third-order valence-electron chi connectivity index (χ3n) is 5.85. The number of nitrogens with zero attached hydrogens (tertiary/aromatic N) is 3. The molecule has 5 heteroatoms. The smallest absolute Gasteiger partial charge is 0.228 e. The lowest BCUT2D eigenvalue weighted by Gasteiger charge is -2.17. The van der Waals surface area contributed by atoms with Crippen LogP contribution in [0.15, 0.2) is 30.3 Å². The van der Waals surface area contributed by atoms with Crippen LogP contribution in [0.25, 0.3) is 11.4 Å². The highest BCUT2D eigenvalue weighted by Crippen LogP contribution is 2.20. The highest BCUT2D eigenvalue weighted by Gasteiger charge is 2.12. The first-order valence-corrected chi connectivity index (χ1v) is 12.0. The maximum atomic E-state index is 4.71. The number of rotatable bonds is 15. The van der Waals surface area contributed by atoms with Crippen LogP contribution >= 0.6 is 0 Å². The van der Waals surface area contributed by atoms with Gasteiger partial charge in [-0.1, -0.05) is 96.6 Å². The summed E-state index contributed by atoms with van der Waals surface area (Å²) in [5.74, 6) is 3.36. The Hall–Kier alpha value is -2.17. The molecule has 166 valence electrons. The Morgan fingerprint density at radius 3 is 1.63 bits per heavy atom. The van der Waals surface area contributed by atoms with Crippen LogP contribution in [0.4, 0.5) is 11.9 Å². The van der Waals surface area contributed by atoms with Gasteiger partial charge in [-0.3, -0.25) is 0 Å². The SMILES string of the molecule is CCCCC(CC)CNc1nc(NCC(CC)CCCC)nc(-c2ccccc2)n1. The topological polar surface area (TPSA) is 62.7 Å². The fraction of sp³-hybridized carbons (Fsp3) is 0.640. The minimum atomic E-state index is 0.650. The van der Waals surface area contributed by atoms with Crippen LogP contribution in [0.1, 0.15) is 79.1 Å². The Bertz CT molecular complexity index is 666. The summed E-state index contributed by atoms with van der Waals surface area (Å²) in [5, 5.41) is 6.98. The van der Waals surface area contributed by atoms with Crippen molar-refractivity contribution in [3.05, 3.63) is 30.3 Å². The highest BCUT2D eigenvalue weighted by molar-refractivity contribution is 5.57. The van der Waals surface area contributed by atoms with Crippen molar-refractivity contribution in [2.24, 2.45) is 11.8 Å². The molecule has 0 radical (unpaired) electrons. The van der Waals surface area contributed by atoms with Gasteiger partial charge >= 0.3 is 0 Å². The van der Waals surface area contributed by atoms with E-state index in [0.29, 0.717) is 23.7 Å². The molecule has 2 atom stereocenters. The van der Waals surface area contributed by atoms with Crippen molar-refractivity contribution in [3.8, 4) is 11.4 Å². The van der Waals surface area contributed by atoms with Crippen molar-refractivity contribution in [1.29, 1.82) is 0 Å². The van der Waals surface area contributed by atoms with E-state index in [1.165, 1.54) is 51.4 Å². The normalized spacial score (nSPS) is 13.1. The number of aromatic nitrogens is 3. The predicted octanol–water partition coefficient (Wildman–Crippen LogP) is 6.80. The Balaban J connectivity index is 2.14. The minimum absolute atomic E-state index is 0.650. The van der Waals surface area contributed by atoms with Gasteiger partial charge < -0.3 is 10.6 Å². The molecular weight excluding hydrogens is 370 g/mol. The van der Waals surface area contributed by atoms with E-state index in [9.17, 15) is 0 Å². The Labute approximate surface area is 183 Å². The third-order valence-corrected chi connectivity index (χ3v) is 5.85. The molecule has 0 saturated carbocycles. The summed E-state index contributed by atoms with van der Waals surface area (Å²) in [4.78, 5) is 14.1. The Morgan fingerprint density at radius 2 is 1.20 bits per heavy atom. The lowest BCUT2D eigenvalue weighted by Crippen LogP contribution is -2.19. The van der Waals surface area contributed by atoms with Gasteiger partial charge in [-0.25, -0.2) is 0 Å². The Morgan fingerprint density at radius 1 is 0.700 bits per heavy atom. The summed E-state index contributed by atoms with van der Waals surface area (Å²) in [7, 11) is 0. The van der Waals surface area contributed by atoms with E-state index in [-0.39, 0.29) is 0 Å². The van der Waals surface area contributed by atoms with Crippen molar-refractivity contribution in [1.82, 2.24) is 15.0 Å². The van der Waals surface area contributed by atoms with Crippen LogP contribution in [-0.4, -0.2) is 28.0 Å². The molecule has 5 nitrogen and oxygen atoms in total. The first-order chi connectivity index (χ1) is 14.7. The van der Waals surface area contributed by atoms with E-state index in [1.807, 2.05) is 18.2 Å². The van der Waals surface area contributed by atoms with Crippen LogP contribution < -0.4 is 10.6 Å². The van der Waals surface area contributed by atoms with Crippen molar-refractivity contribution >= 4 is 11.9 Å². The molecule has 0 aliphatic carbocycles. The number of benzene rings is 1. The second kappa shape index (κ2) is 13.9. The van der Waals surface area contributed by atoms with Gasteiger partial charge in [-0.2, -0.15) is 15.0 Å². The number of anilines is 2. The van der Waals surface area contributed by atoms with E-state index >= 15 is 0 Å². The minimum Gasteiger partial charge on any atom is -0.354 e. The van der Waals surface area contributed by atoms with Crippen LogP contribution in [-0.2, 0) is 0 Å². The van der Waals surface area contributed by atoms with Crippen molar-refractivity contribution in [2.75, 3.05) is 23.7 Å². The molecule has 0 bridgehead atoms. The zero-order valence-corrected chi connectivity index (χ0v) is 19.5. The van der Waals surface area contributed by atoms with Gasteiger partial charge in [0.1, 0.15) is 0 Å². The van der Waals surface area contributed by atoms with E-state index < -0.39 is 0 Å². The van der Waals surface area contributed by atoms with Gasteiger partial charge in [0.2, 0.25) is 11.9 Å². The number of hydrogen-bond acceptors (Lipinski definition) is 5. The summed E-state index contributed by atoms with van der Waals surface area (Å²) in [5.41, 5.74) is 1.02. The molecule has 0 fully saturated rings. The summed E-state index contributed by atoms with van der Waals surface area (Å²) in [6.07, 6.45) is 9.87. The Kier molecular flexibility index (Phi) is 11.2. The fourth-order valence-electron chi connectivity index (χ4n) is 3.61. The van der Waals surface area contributed by atoms with Gasteiger partial charge in [0, 0.05) is 18.7 Å². The quantitative estimate of drug-likeness (QED) is 0.337. The lowest BCUT2D eigenvalue weighted by atomic mass is 9.99. The first kappa shape index (κ1) is 24.1. The molecule has 1 aromatic carbocycles. The van der Waals surface area contributed by atoms with Crippen LogP contribution in [0.2, 0.25) is 0 Å². The molecular formula is C25H41N5. The van der Waals surface area contributed by atoms with Gasteiger partial charge in [-0.15, -0.1) is 0 Å². The largest absolute Gasteiger partial charge is 0.354 e. The summed E-state index contributed by atoms with van der Waals surface area (Å²) >= 11 is 0. The third kappa shape index (κ3) is 8.29. The summed E-state index contributed by atoms with van der Waals surface area (Å²) in [6.45, 7) is 10.8. The average Bonchev–Trinajstić information content (AvgIpc) is 2.80. The second-order valence-corrected chi connectivity index (χ2v) is 8.27. The van der Waals surface area contributed by atoms with E-state index in [2.05, 4.69) is 55.4 Å². The monoisotopic (exact) mass is 411 g/mol. The molecule has 2 aromatic rings. The molecule has 2 rings (SSSR count). The van der Waals surface area contributed by atoms with Crippen molar-refractivity contribution in [3.63, 3.8) is 0 Å². The maximum Gasteiger partial charge on any atom is 0.228 e. The van der Waals surface area contributed by atoms with Gasteiger partial charge in [0.05, 0.1) is 0 Å². The predicted molar refractivity (Wildman–Crippen MR) is 129 cm³/mol. The van der Waals surface area contributed by atoms with Crippen molar-refractivity contribution < 1.29 is 0 Å². The molecule has 1 aromatic heterocycles. The maximum absolute atomic E-state index is 4.71. The van der Waals surface area contributed by atoms with Gasteiger partial charge in [0.25, 0.3) is 0 Å². The molecule has 0 aliphatic heterocycles. The fourth-order valence-corrected chi connectivity index (χ4v) is 3.61. The average molecular weight is 412 g/mol. The molecule has 0 saturated heterocycles. The second-order valence-electron chi connectivity index (χ2n) is 8.27. The first-order valence-electron chi connectivity index (χ1n) is 12.0. The van der Waals surface area contributed by atoms with Gasteiger partial charge in [-0.05, 0) is 24.7 Å². The number of hydrogen-bond donors (Lipinski definition) is 2. The zero-order valence-electron chi connectivity index (χ0n) is 19.5. The number of unbranched alkanes of at least 4 members (excludes halogenated alkanes) is 2. The van der Waals surface area contributed by atoms with E-state index in [4.69, 9.17) is 9.97 Å². The molecule has 30 heavy (non-hydrogen) atoms. The van der Waals surface area contributed by atoms with Gasteiger partial charge in [0.15, 0.2) is 5.82 Å². The van der Waals surface area contributed by atoms with Crippen LogP contribution in [0.5, 0.6) is 0 Å². The van der Waals surface area contributed by atoms with Crippen molar-refractivity contribution in [2.45, 2.75) is 79.1 Å². The standard InChI is InChI=1S/C25H41N5/c1-5-9-14-20(7-3)18-26-24-28-23(22-16-12-11-13-17-22)29-25(30-24)27-19-21(8-4)15-10-6-2/h11-13,16-17,20-21H,5-10,14-15,18-19H2,1-4H3,(H2,26,27,28,29,30). The molecule has 0 aliphatic rings. The summed E-state index contributed by atoms with van der Waals surface area (Å²) in [6, 6.07) is 10.2. The van der Waals surface area contributed by atoms with Crippen LogP contribution in [0.3, 0.4) is 0 Å². The molecule has 0 amide bonds. The zero-order chi connectivity index (χ0) is 21.6. The van der Waals surface area contributed by atoms with Crippen LogP contribution in [0, 0.1) is 11.8 Å².